The van der Waals surface area contributed by atoms with Gasteiger partial charge < -0.3 is 16.4 Å². The van der Waals surface area contributed by atoms with Crippen molar-refractivity contribution >= 4 is 45.4 Å². The summed E-state index contributed by atoms with van der Waals surface area (Å²) in [5.41, 5.74) is 7.98. The molecule has 0 atom stereocenters. The van der Waals surface area contributed by atoms with E-state index in [1.807, 2.05) is 29.6 Å². The van der Waals surface area contributed by atoms with Crippen molar-refractivity contribution in [1.29, 1.82) is 0 Å². The highest BCUT2D eigenvalue weighted by Crippen LogP contribution is 2.26. The average molecular weight is 306 g/mol. The number of hydrogen-bond acceptors (Lipinski definition) is 4. The molecule has 2 rings (SSSR count). The van der Waals surface area contributed by atoms with Crippen LogP contribution in [-0.4, -0.2) is 16.0 Å². The molecule has 1 aromatic carbocycles. The molecule has 7 heteroatoms. The normalized spacial score (nSPS) is 10.1. The van der Waals surface area contributed by atoms with Crippen LogP contribution in [0.3, 0.4) is 0 Å². The van der Waals surface area contributed by atoms with Crippen molar-refractivity contribution in [3.05, 3.63) is 29.6 Å². The van der Waals surface area contributed by atoms with E-state index < -0.39 is 0 Å². The van der Waals surface area contributed by atoms with Gasteiger partial charge in [-0.15, -0.1) is 11.3 Å². The molecule has 0 saturated heterocycles. The van der Waals surface area contributed by atoms with Crippen molar-refractivity contribution in [3.8, 4) is 11.3 Å². The van der Waals surface area contributed by atoms with Crippen LogP contribution in [0.4, 0.5) is 10.8 Å². The summed E-state index contributed by atoms with van der Waals surface area (Å²) < 4.78 is 0. The second-order valence-electron chi connectivity index (χ2n) is 4.01. The van der Waals surface area contributed by atoms with Crippen LogP contribution < -0.4 is 16.4 Å². The second-order valence-corrected chi connectivity index (χ2v) is 5.31. The molecular weight excluding hydrogens is 292 g/mol. The minimum atomic E-state index is -0.0465. The highest BCUT2D eigenvalue weighted by atomic mass is 32.1. The maximum atomic E-state index is 11.3. The Morgan fingerprint density at radius 2 is 2.25 bits per heavy atom. The van der Waals surface area contributed by atoms with Gasteiger partial charge in [-0.1, -0.05) is 19.1 Å². The smallest absolute Gasteiger partial charge is 0.225 e. The third-order valence-electron chi connectivity index (χ3n) is 2.50. The van der Waals surface area contributed by atoms with Crippen LogP contribution in [0.1, 0.15) is 13.3 Å². The zero-order chi connectivity index (χ0) is 14.5. The molecular formula is C13H14N4OS2. The van der Waals surface area contributed by atoms with E-state index in [-0.39, 0.29) is 11.0 Å². The standard InChI is InChI=1S/C13H14N4OS2/c1-2-11(18)17-13-16-10(7-20-13)8-4-3-5-9(6-8)15-12(14)19/h3-7H,2H2,1H3,(H3,14,15,19)(H,16,17,18). The topological polar surface area (TPSA) is 80.0 Å². The van der Waals surface area contributed by atoms with Gasteiger partial charge in [-0.3, -0.25) is 4.79 Å². The van der Waals surface area contributed by atoms with Crippen LogP contribution >= 0.6 is 23.6 Å². The number of benzene rings is 1. The second kappa shape index (κ2) is 6.44. The van der Waals surface area contributed by atoms with Crippen LogP contribution in [0, 0.1) is 0 Å². The first-order chi connectivity index (χ1) is 9.58. The fraction of sp³-hybridized carbons (Fsp3) is 0.154. The minimum Gasteiger partial charge on any atom is -0.376 e. The number of nitrogens with one attached hydrogen (secondary N) is 2. The number of thiocarbonyl (C=S) groups is 1. The first-order valence-electron chi connectivity index (χ1n) is 6.00. The lowest BCUT2D eigenvalue weighted by Crippen LogP contribution is -2.18. The number of amides is 1. The molecule has 1 aromatic heterocycles. The minimum absolute atomic E-state index is 0.0465. The van der Waals surface area contributed by atoms with Crippen LogP contribution in [0.25, 0.3) is 11.3 Å². The van der Waals surface area contributed by atoms with Gasteiger partial charge in [0, 0.05) is 23.1 Å². The molecule has 5 nitrogen and oxygen atoms in total. The van der Waals surface area contributed by atoms with Crippen LogP contribution in [-0.2, 0) is 4.79 Å². The number of thiazole rings is 1. The first kappa shape index (κ1) is 14.4. The molecule has 0 radical (unpaired) electrons. The Bertz CT molecular complexity index is 639. The fourth-order valence-electron chi connectivity index (χ4n) is 1.57. The summed E-state index contributed by atoms with van der Waals surface area (Å²) in [5.74, 6) is -0.0465. The molecule has 0 aliphatic carbocycles. The van der Waals surface area contributed by atoms with E-state index in [1.165, 1.54) is 11.3 Å². The molecule has 2 aromatic rings. The zero-order valence-corrected chi connectivity index (χ0v) is 12.5. The Morgan fingerprint density at radius 1 is 1.45 bits per heavy atom. The molecule has 1 amide bonds. The third-order valence-corrected chi connectivity index (χ3v) is 3.36. The zero-order valence-electron chi connectivity index (χ0n) is 10.8. The number of carbonyl (C=O) groups excluding carboxylic acids is 1. The first-order valence-corrected chi connectivity index (χ1v) is 7.29. The number of hydrogen-bond donors (Lipinski definition) is 3. The maximum Gasteiger partial charge on any atom is 0.225 e. The molecule has 4 N–H and O–H groups in total. The SMILES string of the molecule is CCC(=O)Nc1nc(-c2cccc(NC(N)=S)c2)cs1. The van der Waals surface area contributed by atoms with E-state index in [0.29, 0.717) is 11.6 Å². The van der Waals surface area contributed by atoms with E-state index in [1.54, 1.807) is 6.92 Å². The van der Waals surface area contributed by atoms with E-state index in [4.69, 9.17) is 18.0 Å². The maximum absolute atomic E-state index is 11.3. The van der Waals surface area contributed by atoms with Crippen molar-refractivity contribution in [2.75, 3.05) is 10.6 Å². The molecule has 0 saturated carbocycles. The predicted octanol–water partition coefficient (Wildman–Crippen LogP) is 2.81. The molecule has 0 unspecified atom stereocenters. The number of nitrogens with two attached hydrogens (primary N) is 1. The van der Waals surface area contributed by atoms with Gasteiger partial charge >= 0.3 is 0 Å². The van der Waals surface area contributed by atoms with Gasteiger partial charge in [-0.25, -0.2) is 4.98 Å². The van der Waals surface area contributed by atoms with Crippen molar-refractivity contribution in [2.45, 2.75) is 13.3 Å². The fourth-order valence-corrected chi connectivity index (χ4v) is 2.42. The van der Waals surface area contributed by atoms with Gasteiger partial charge in [0.25, 0.3) is 0 Å². The van der Waals surface area contributed by atoms with Gasteiger partial charge in [-0.05, 0) is 24.4 Å². The number of rotatable bonds is 4. The molecule has 104 valence electrons. The lowest BCUT2D eigenvalue weighted by Gasteiger charge is -2.05. The average Bonchev–Trinajstić information content (AvgIpc) is 2.86. The van der Waals surface area contributed by atoms with Gasteiger partial charge in [-0.2, -0.15) is 0 Å². The molecule has 20 heavy (non-hydrogen) atoms. The lowest BCUT2D eigenvalue weighted by molar-refractivity contribution is -0.115. The van der Waals surface area contributed by atoms with Gasteiger partial charge in [0.05, 0.1) is 5.69 Å². The lowest BCUT2D eigenvalue weighted by atomic mass is 10.1. The Kier molecular flexibility index (Phi) is 4.65. The third kappa shape index (κ3) is 3.75. The van der Waals surface area contributed by atoms with Gasteiger partial charge in [0.1, 0.15) is 0 Å². The number of nitrogens with zero attached hydrogens (tertiary/aromatic N) is 1. The Labute approximate surface area is 126 Å². The van der Waals surface area contributed by atoms with Crippen molar-refractivity contribution in [3.63, 3.8) is 0 Å². The van der Waals surface area contributed by atoms with Gasteiger partial charge in [0.15, 0.2) is 10.2 Å². The van der Waals surface area contributed by atoms with E-state index in [0.717, 1.165) is 16.9 Å². The predicted molar refractivity (Wildman–Crippen MR) is 86.9 cm³/mol. The molecule has 0 aliphatic heterocycles. The monoisotopic (exact) mass is 306 g/mol. The van der Waals surface area contributed by atoms with E-state index in [2.05, 4.69) is 15.6 Å². The van der Waals surface area contributed by atoms with Gasteiger partial charge in [0.2, 0.25) is 5.91 Å². The molecule has 0 fully saturated rings. The van der Waals surface area contributed by atoms with E-state index in [9.17, 15) is 4.79 Å². The molecule has 0 spiro atoms. The summed E-state index contributed by atoms with van der Waals surface area (Å²) in [5, 5.41) is 8.33. The Balaban J connectivity index is 2.19. The van der Waals surface area contributed by atoms with Crippen LogP contribution in [0.5, 0.6) is 0 Å². The van der Waals surface area contributed by atoms with E-state index >= 15 is 0 Å². The summed E-state index contributed by atoms with van der Waals surface area (Å²) in [6.07, 6.45) is 0.433. The highest BCUT2D eigenvalue weighted by Gasteiger charge is 2.07. The summed E-state index contributed by atoms with van der Waals surface area (Å²) in [6, 6.07) is 7.60. The number of anilines is 2. The summed E-state index contributed by atoms with van der Waals surface area (Å²) >= 11 is 6.20. The van der Waals surface area contributed by atoms with Crippen LogP contribution in [0.15, 0.2) is 29.6 Å². The Hall–Kier alpha value is -1.99. The summed E-state index contributed by atoms with van der Waals surface area (Å²) in [4.78, 5) is 15.7. The van der Waals surface area contributed by atoms with Crippen molar-refractivity contribution in [2.24, 2.45) is 5.73 Å². The number of carbonyl (C=O) groups is 1. The Morgan fingerprint density at radius 3 is 2.95 bits per heavy atom. The number of aromatic nitrogens is 1. The highest BCUT2D eigenvalue weighted by molar-refractivity contribution is 7.80. The molecule has 0 bridgehead atoms. The summed E-state index contributed by atoms with van der Waals surface area (Å²) in [6.45, 7) is 1.80. The van der Waals surface area contributed by atoms with Crippen molar-refractivity contribution in [1.82, 2.24) is 4.98 Å². The summed E-state index contributed by atoms with van der Waals surface area (Å²) in [7, 11) is 0. The quantitative estimate of drug-likeness (QED) is 0.757. The molecule has 1 heterocycles. The van der Waals surface area contributed by atoms with Crippen molar-refractivity contribution < 1.29 is 4.79 Å². The largest absolute Gasteiger partial charge is 0.376 e. The molecule has 0 aliphatic rings. The van der Waals surface area contributed by atoms with Crippen LogP contribution in [0.2, 0.25) is 0 Å².